The van der Waals surface area contributed by atoms with Gasteiger partial charge in [0.15, 0.2) is 0 Å². The summed E-state index contributed by atoms with van der Waals surface area (Å²) in [5, 5.41) is 4.28. The van der Waals surface area contributed by atoms with Crippen LogP contribution in [0.2, 0.25) is 5.02 Å². The van der Waals surface area contributed by atoms with Crippen LogP contribution in [0.25, 0.3) is 17.0 Å². The van der Waals surface area contributed by atoms with E-state index in [4.69, 9.17) is 11.6 Å². The van der Waals surface area contributed by atoms with E-state index in [0.29, 0.717) is 11.6 Å². The Balaban J connectivity index is 1.53. The average Bonchev–Trinajstić information content (AvgIpc) is 3.25. The highest BCUT2D eigenvalue weighted by atomic mass is 35.5. The Labute approximate surface area is 201 Å². The lowest BCUT2D eigenvalue weighted by Gasteiger charge is -2.12. The molecule has 1 saturated heterocycles. The first-order chi connectivity index (χ1) is 16.4. The average molecular weight is 474 g/mol. The number of halogens is 2. The molecule has 0 unspecified atom stereocenters. The van der Waals surface area contributed by atoms with E-state index in [2.05, 4.69) is 9.88 Å². The van der Waals surface area contributed by atoms with Gasteiger partial charge in [-0.25, -0.2) is 9.18 Å². The molecule has 1 aliphatic rings. The van der Waals surface area contributed by atoms with Gasteiger partial charge in [-0.2, -0.15) is 0 Å². The lowest BCUT2D eigenvalue weighted by Crippen LogP contribution is -2.30. The highest BCUT2D eigenvalue weighted by molar-refractivity contribution is 6.31. The zero-order chi connectivity index (χ0) is 23.8. The minimum Gasteiger partial charge on any atom is -0.340 e. The highest BCUT2D eigenvalue weighted by Gasteiger charge is 2.34. The maximum absolute atomic E-state index is 14.1. The highest BCUT2D eigenvalue weighted by Crippen LogP contribution is 2.30. The molecule has 1 N–H and O–H groups in total. The van der Waals surface area contributed by atoms with Crippen molar-refractivity contribution in [3.8, 4) is 0 Å². The standard InChI is InChI=1S/C27H21ClFN3O2/c1-17-21(14-24-26(33)32(27(34)30-24)16-19-9-3-6-12-23(19)29)20-10-4-7-13-25(20)31(17)15-18-8-2-5-11-22(18)28/h2-14H,15-16H2,1H3,(H,30,34)/b24-14+. The first-order valence-electron chi connectivity index (χ1n) is 10.8. The molecule has 5 rings (SSSR count). The summed E-state index contributed by atoms with van der Waals surface area (Å²) in [7, 11) is 0. The molecule has 0 aliphatic carbocycles. The Bertz CT molecular complexity index is 1470. The van der Waals surface area contributed by atoms with Crippen LogP contribution in [0.1, 0.15) is 22.4 Å². The third kappa shape index (κ3) is 3.86. The van der Waals surface area contributed by atoms with Gasteiger partial charge in [0.05, 0.1) is 6.54 Å². The minimum atomic E-state index is -0.572. The molecule has 1 fully saturated rings. The molecule has 0 saturated carbocycles. The van der Waals surface area contributed by atoms with E-state index in [0.717, 1.165) is 32.6 Å². The van der Waals surface area contributed by atoms with Crippen molar-refractivity contribution in [2.24, 2.45) is 0 Å². The number of nitrogens with one attached hydrogen (secondary N) is 1. The van der Waals surface area contributed by atoms with Gasteiger partial charge in [-0.1, -0.05) is 66.2 Å². The number of fused-ring (bicyclic) bond motifs is 1. The molecular formula is C27H21ClFN3O2. The number of amides is 3. The van der Waals surface area contributed by atoms with Crippen LogP contribution in [-0.4, -0.2) is 21.4 Å². The van der Waals surface area contributed by atoms with Crippen LogP contribution >= 0.6 is 11.6 Å². The number of urea groups is 1. The normalized spacial score (nSPS) is 14.9. The lowest BCUT2D eigenvalue weighted by molar-refractivity contribution is -0.123. The molecule has 1 aliphatic heterocycles. The lowest BCUT2D eigenvalue weighted by atomic mass is 10.1. The van der Waals surface area contributed by atoms with Crippen LogP contribution in [0, 0.1) is 12.7 Å². The Morgan fingerprint density at radius 2 is 1.59 bits per heavy atom. The van der Waals surface area contributed by atoms with E-state index in [9.17, 15) is 14.0 Å². The van der Waals surface area contributed by atoms with Gasteiger partial charge < -0.3 is 9.88 Å². The Morgan fingerprint density at radius 3 is 2.35 bits per heavy atom. The van der Waals surface area contributed by atoms with Crippen molar-refractivity contribution < 1.29 is 14.0 Å². The predicted molar refractivity (Wildman–Crippen MR) is 131 cm³/mol. The maximum Gasteiger partial charge on any atom is 0.329 e. The third-order valence-electron chi connectivity index (χ3n) is 6.10. The van der Waals surface area contributed by atoms with Crippen molar-refractivity contribution in [1.82, 2.24) is 14.8 Å². The van der Waals surface area contributed by atoms with Gasteiger partial charge in [0.1, 0.15) is 11.5 Å². The summed E-state index contributed by atoms with van der Waals surface area (Å²) < 4.78 is 16.2. The number of benzene rings is 3. The zero-order valence-electron chi connectivity index (χ0n) is 18.4. The summed E-state index contributed by atoms with van der Waals surface area (Å²) in [5.41, 5.74) is 4.17. The van der Waals surface area contributed by atoms with Gasteiger partial charge in [0, 0.05) is 39.3 Å². The maximum atomic E-state index is 14.1. The van der Waals surface area contributed by atoms with E-state index in [-0.39, 0.29) is 17.8 Å². The minimum absolute atomic E-state index is 0.137. The number of carbonyl (C=O) groups is 2. The second kappa shape index (κ2) is 8.80. The van der Waals surface area contributed by atoms with Crippen LogP contribution in [0.5, 0.6) is 0 Å². The molecule has 7 heteroatoms. The number of para-hydroxylation sites is 1. The Kier molecular flexibility index (Phi) is 5.67. The molecule has 5 nitrogen and oxygen atoms in total. The van der Waals surface area contributed by atoms with Crippen molar-refractivity contribution in [2.75, 3.05) is 0 Å². The second-order valence-electron chi connectivity index (χ2n) is 8.16. The third-order valence-corrected chi connectivity index (χ3v) is 6.47. The van der Waals surface area contributed by atoms with Crippen LogP contribution in [0.3, 0.4) is 0 Å². The topological polar surface area (TPSA) is 54.3 Å². The van der Waals surface area contributed by atoms with Gasteiger partial charge in [0.2, 0.25) is 0 Å². The summed E-state index contributed by atoms with van der Waals surface area (Å²) in [6.45, 7) is 2.40. The van der Waals surface area contributed by atoms with E-state index in [1.807, 2.05) is 55.5 Å². The van der Waals surface area contributed by atoms with Gasteiger partial charge in [-0.05, 0) is 36.8 Å². The Morgan fingerprint density at radius 1 is 0.912 bits per heavy atom. The van der Waals surface area contributed by atoms with Crippen molar-refractivity contribution >= 4 is 40.5 Å². The number of imide groups is 1. The van der Waals surface area contributed by atoms with Crippen molar-refractivity contribution in [3.63, 3.8) is 0 Å². The summed E-state index contributed by atoms with van der Waals surface area (Å²) >= 11 is 6.40. The summed E-state index contributed by atoms with van der Waals surface area (Å²) in [5.74, 6) is -0.949. The molecule has 1 aromatic heterocycles. The van der Waals surface area contributed by atoms with E-state index in [1.54, 1.807) is 24.3 Å². The van der Waals surface area contributed by atoms with E-state index >= 15 is 0 Å². The molecule has 3 aromatic carbocycles. The zero-order valence-corrected chi connectivity index (χ0v) is 19.1. The molecule has 4 aromatic rings. The molecule has 0 bridgehead atoms. The number of carbonyl (C=O) groups excluding carboxylic acids is 2. The smallest absolute Gasteiger partial charge is 0.329 e. The van der Waals surface area contributed by atoms with Gasteiger partial charge in [-0.15, -0.1) is 0 Å². The molecule has 0 spiro atoms. The number of hydrogen-bond donors (Lipinski definition) is 1. The predicted octanol–water partition coefficient (Wildman–Crippen LogP) is 5.88. The number of rotatable bonds is 5. The molecule has 170 valence electrons. The molecule has 0 radical (unpaired) electrons. The van der Waals surface area contributed by atoms with Gasteiger partial charge in [0.25, 0.3) is 5.91 Å². The first-order valence-corrected chi connectivity index (χ1v) is 11.2. The van der Waals surface area contributed by atoms with Crippen LogP contribution in [0.15, 0.2) is 78.5 Å². The molecule has 3 amide bonds. The molecule has 34 heavy (non-hydrogen) atoms. The summed E-state index contributed by atoms with van der Waals surface area (Å²) in [6.07, 6.45) is 1.70. The molecule has 2 heterocycles. The SMILES string of the molecule is Cc1c(/C=C2/NC(=O)N(Cc3ccccc3F)C2=O)c2ccccc2n1Cc1ccccc1Cl. The number of hydrogen-bond acceptors (Lipinski definition) is 2. The van der Waals surface area contributed by atoms with E-state index < -0.39 is 17.8 Å². The van der Waals surface area contributed by atoms with Crippen LogP contribution in [0.4, 0.5) is 9.18 Å². The van der Waals surface area contributed by atoms with Crippen LogP contribution < -0.4 is 5.32 Å². The van der Waals surface area contributed by atoms with Crippen molar-refractivity contribution in [3.05, 3.63) is 112 Å². The Hall–Kier alpha value is -3.90. The van der Waals surface area contributed by atoms with Crippen LogP contribution in [-0.2, 0) is 17.9 Å². The van der Waals surface area contributed by atoms with E-state index in [1.165, 1.54) is 6.07 Å². The monoisotopic (exact) mass is 473 g/mol. The number of nitrogens with zero attached hydrogens (tertiary/aromatic N) is 2. The summed E-state index contributed by atoms with van der Waals surface area (Å²) in [4.78, 5) is 26.6. The molecule has 0 atom stereocenters. The van der Waals surface area contributed by atoms with Gasteiger partial charge in [-0.3, -0.25) is 9.69 Å². The van der Waals surface area contributed by atoms with Gasteiger partial charge >= 0.3 is 6.03 Å². The largest absolute Gasteiger partial charge is 0.340 e. The second-order valence-corrected chi connectivity index (χ2v) is 8.57. The fourth-order valence-electron chi connectivity index (χ4n) is 4.30. The number of aromatic nitrogens is 1. The fourth-order valence-corrected chi connectivity index (χ4v) is 4.49. The van der Waals surface area contributed by atoms with Crippen molar-refractivity contribution in [1.29, 1.82) is 0 Å². The quantitative estimate of drug-likeness (QED) is 0.290. The summed E-state index contributed by atoms with van der Waals surface area (Å²) in [6, 6.07) is 21.1. The first kappa shape index (κ1) is 21.9. The fraction of sp³-hybridized carbons (Fsp3) is 0.111. The molecular weight excluding hydrogens is 453 g/mol. The van der Waals surface area contributed by atoms with Crippen molar-refractivity contribution in [2.45, 2.75) is 20.0 Å².